The zero-order valence-corrected chi connectivity index (χ0v) is 11.1. The van der Waals surface area contributed by atoms with Crippen LogP contribution in [0.4, 0.5) is 0 Å². The lowest BCUT2D eigenvalue weighted by atomic mass is 10.1. The number of hydrogen-bond donors (Lipinski definition) is 0. The first-order valence-corrected chi connectivity index (χ1v) is 5.91. The zero-order valence-electron chi connectivity index (χ0n) is 11.1. The van der Waals surface area contributed by atoms with Gasteiger partial charge in [-0.25, -0.2) is 0 Å². The normalized spacial score (nSPS) is 10.9. The average Bonchev–Trinajstić information content (AvgIpc) is 2.19. The molecule has 0 N–H and O–H groups in total. The fraction of sp³-hybridized carbons (Fsp3) is 0.500. The third-order valence-electron chi connectivity index (χ3n) is 2.34. The van der Waals surface area contributed by atoms with E-state index in [1.165, 1.54) is 11.1 Å². The van der Waals surface area contributed by atoms with Gasteiger partial charge in [0.1, 0.15) is 0 Å². The Morgan fingerprint density at radius 1 is 1.29 bits per heavy atom. The summed E-state index contributed by atoms with van der Waals surface area (Å²) in [5, 5.41) is 0. The average molecular weight is 235 g/mol. The van der Waals surface area contributed by atoms with Gasteiger partial charge in [-0.1, -0.05) is 29.8 Å². The minimum Gasteiger partial charge on any atom is -0.462 e. The largest absolute Gasteiger partial charge is 0.462 e. The predicted molar refractivity (Wildman–Crippen MR) is 68.7 cm³/mol. The number of nitrogens with zero attached hydrogens (tertiary/aromatic N) is 1. The molecule has 0 saturated carbocycles. The maximum Gasteiger partial charge on any atom is 0.320 e. The Hall–Kier alpha value is -1.35. The number of esters is 1. The fourth-order valence-corrected chi connectivity index (χ4v) is 1.58. The van der Waals surface area contributed by atoms with Crippen LogP contribution in [-0.4, -0.2) is 30.6 Å². The quantitative estimate of drug-likeness (QED) is 0.734. The molecule has 0 spiro atoms. The molecule has 0 saturated heterocycles. The lowest BCUT2D eigenvalue weighted by molar-refractivity contribution is -0.148. The Labute approximate surface area is 103 Å². The number of carbonyl (C=O) groups is 1. The van der Waals surface area contributed by atoms with Crippen LogP contribution in [0.15, 0.2) is 24.3 Å². The molecule has 0 bridgehead atoms. The van der Waals surface area contributed by atoms with Crippen molar-refractivity contribution in [3.63, 3.8) is 0 Å². The molecule has 3 heteroatoms. The topological polar surface area (TPSA) is 29.5 Å². The van der Waals surface area contributed by atoms with E-state index >= 15 is 0 Å². The van der Waals surface area contributed by atoms with Gasteiger partial charge in [-0.3, -0.25) is 9.69 Å². The van der Waals surface area contributed by atoms with Crippen LogP contribution in [0.1, 0.15) is 25.0 Å². The van der Waals surface area contributed by atoms with Gasteiger partial charge < -0.3 is 4.74 Å². The van der Waals surface area contributed by atoms with E-state index in [1.807, 2.05) is 25.8 Å². The Bertz CT molecular complexity index is 357. The van der Waals surface area contributed by atoms with E-state index in [0.29, 0.717) is 6.54 Å². The highest BCUT2D eigenvalue weighted by Gasteiger charge is 2.09. The van der Waals surface area contributed by atoms with Crippen molar-refractivity contribution in [2.24, 2.45) is 0 Å². The number of benzene rings is 1. The van der Waals surface area contributed by atoms with Crippen LogP contribution in [0.25, 0.3) is 0 Å². The standard InChI is InChI=1S/C14H21NO2/c1-11(2)17-14(16)10-15(4)9-13-7-5-12(3)6-8-13/h5-8,11H,9-10H2,1-4H3. The number of carbonyl (C=O) groups excluding carboxylic acids is 1. The van der Waals surface area contributed by atoms with Crippen molar-refractivity contribution < 1.29 is 9.53 Å². The second-order valence-electron chi connectivity index (χ2n) is 4.70. The lowest BCUT2D eigenvalue weighted by Gasteiger charge is -2.17. The van der Waals surface area contributed by atoms with Crippen LogP contribution in [-0.2, 0) is 16.1 Å². The third-order valence-corrected chi connectivity index (χ3v) is 2.34. The minimum atomic E-state index is -0.172. The number of rotatable bonds is 5. The molecule has 1 aromatic rings. The van der Waals surface area contributed by atoms with Gasteiger partial charge >= 0.3 is 5.97 Å². The first-order chi connectivity index (χ1) is 7.97. The molecule has 3 nitrogen and oxygen atoms in total. The number of hydrogen-bond acceptors (Lipinski definition) is 3. The molecular weight excluding hydrogens is 214 g/mol. The first-order valence-electron chi connectivity index (χ1n) is 5.91. The lowest BCUT2D eigenvalue weighted by Crippen LogP contribution is -2.28. The summed E-state index contributed by atoms with van der Waals surface area (Å²) in [5.41, 5.74) is 2.45. The highest BCUT2D eigenvalue weighted by molar-refractivity contribution is 5.71. The maximum absolute atomic E-state index is 11.4. The molecule has 0 amide bonds. The summed E-state index contributed by atoms with van der Waals surface area (Å²) in [6.45, 7) is 6.86. The molecule has 0 unspecified atom stereocenters. The van der Waals surface area contributed by atoms with Crippen LogP contribution in [0.5, 0.6) is 0 Å². The summed E-state index contributed by atoms with van der Waals surface area (Å²) < 4.78 is 5.10. The Balaban J connectivity index is 2.41. The summed E-state index contributed by atoms with van der Waals surface area (Å²) in [7, 11) is 1.92. The predicted octanol–water partition coefficient (Wildman–Crippen LogP) is 2.38. The fourth-order valence-electron chi connectivity index (χ4n) is 1.58. The van der Waals surface area contributed by atoms with Gasteiger partial charge in [0.05, 0.1) is 12.6 Å². The van der Waals surface area contributed by atoms with Gasteiger partial charge in [0, 0.05) is 6.54 Å². The second-order valence-corrected chi connectivity index (χ2v) is 4.70. The van der Waals surface area contributed by atoms with Gasteiger partial charge in [0.15, 0.2) is 0 Å². The minimum absolute atomic E-state index is 0.0460. The molecule has 0 aliphatic carbocycles. The molecule has 0 aromatic heterocycles. The van der Waals surface area contributed by atoms with Gasteiger partial charge in [-0.15, -0.1) is 0 Å². The van der Waals surface area contributed by atoms with E-state index in [0.717, 1.165) is 6.54 Å². The third kappa shape index (κ3) is 5.50. The summed E-state index contributed by atoms with van der Waals surface area (Å²) in [6, 6.07) is 8.32. The molecule has 0 aliphatic rings. The Morgan fingerprint density at radius 3 is 2.41 bits per heavy atom. The van der Waals surface area contributed by atoms with E-state index < -0.39 is 0 Å². The van der Waals surface area contributed by atoms with Crippen molar-refractivity contribution in [2.45, 2.75) is 33.4 Å². The van der Waals surface area contributed by atoms with Crippen molar-refractivity contribution in [1.82, 2.24) is 4.90 Å². The molecule has 1 aromatic carbocycles. The number of likely N-dealkylation sites (N-methyl/N-ethyl adjacent to an activating group) is 1. The SMILES string of the molecule is Cc1ccc(CN(C)CC(=O)OC(C)C)cc1. The van der Waals surface area contributed by atoms with Crippen molar-refractivity contribution in [1.29, 1.82) is 0 Å². The van der Waals surface area contributed by atoms with Gasteiger partial charge in [0.2, 0.25) is 0 Å². The first kappa shape index (κ1) is 13.7. The zero-order chi connectivity index (χ0) is 12.8. The molecule has 94 valence electrons. The van der Waals surface area contributed by atoms with Gasteiger partial charge in [0.25, 0.3) is 0 Å². The second kappa shape index (κ2) is 6.40. The molecule has 0 aliphatic heterocycles. The number of aryl methyl sites for hydroxylation is 1. The van der Waals surface area contributed by atoms with Gasteiger partial charge in [-0.05, 0) is 33.4 Å². The van der Waals surface area contributed by atoms with E-state index in [-0.39, 0.29) is 12.1 Å². The van der Waals surface area contributed by atoms with Crippen LogP contribution < -0.4 is 0 Å². The Morgan fingerprint density at radius 2 is 1.88 bits per heavy atom. The summed E-state index contributed by atoms with van der Waals surface area (Å²) in [6.07, 6.45) is -0.0460. The highest BCUT2D eigenvalue weighted by Crippen LogP contribution is 2.05. The van der Waals surface area contributed by atoms with Crippen molar-refractivity contribution in [3.05, 3.63) is 35.4 Å². The Kier molecular flexibility index (Phi) is 5.16. The molecule has 0 radical (unpaired) electrons. The molecule has 0 atom stereocenters. The molecule has 17 heavy (non-hydrogen) atoms. The van der Waals surface area contributed by atoms with Crippen molar-refractivity contribution in [3.8, 4) is 0 Å². The molecule has 0 fully saturated rings. The highest BCUT2D eigenvalue weighted by atomic mass is 16.5. The van der Waals surface area contributed by atoms with E-state index in [4.69, 9.17) is 4.74 Å². The summed E-state index contributed by atoms with van der Waals surface area (Å²) in [5.74, 6) is -0.172. The van der Waals surface area contributed by atoms with Crippen molar-refractivity contribution in [2.75, 3.05) is 13.6 Å². The van der Waals surface area contributed by atoms with Crippen LogP contribution in [0.2, 0.25) is 0 Å². The van der Waals surface area contributed by atoms with Crippen LogP contribution in [0, 0.1) is 6.92 Å². The van der Waals surface area contributed by atoms with Gasteiger partial charge in [-0.2, -0.15) is 0 Å². The summed E-state index contributed by atoms with van der Waals surface area (Å²) in [4.78, 5) is 13.4. The van der Waals surface area contributed by atoms with Crippen LogP contribution >= 0.6 is 0 Å². The molecule has 1 rings (SSSR count). The maximum atomic E-state index is 11.4. The smallest absolute Gasteiger partial charge is 0.320 e. The van der Waals surface area contributed by atoms with E-state index in [9.17, 15) is 4.79 Å². The summed E-state index contributed by atoms with van der Waals surface area (Å²) >= 11 is 0. The molecular formula is C14H21NO2. The van der Waals surface area contributed by atoms with E-state index in [2.05, 4.69) is 31.2 Å². The monoisotopic (exact) mass is 235 g/mol. The van der Waals surface area contributed by atoms with Crippen LogP contribution in [0.3, 0.4) is 0 Å². The van der Waals surface area contributed by atoms with Crippen molar-refractivity contribution >= 4 is 5.97 Å². The van der Waals surface area contributed by atoms with E-state index in [1.54, 1.807) is 0 Å². The molecule has 0 heterocycles. The number of ether oxygens (including phenoxy) is 1.